The summed E-state index contributed by atoms with van der Waals surface area (Å²) in [5, 5.41) is 11.8. The molecule has 1 aliphatic rings. The van der Waals surface area contributed by atoms with E-state index < -0.39 is 5.97 Å². The van der Waals surface area contributed by atoms with Gasteiger partial charge in [-0.25, -0.2) is 4.99 Å². The summed E-state index contributed by atoms with van der Waals surface area (Å²) in [6.45, 7) is 1.60. The molecule has 148 valence electrons. The number of carbonyl (C=O) groups is 3. The molecule has 2 N–H and O–H groups in total. The fourth-order valence-electron chi connectivity index (χ4n) is 2.44. The Bertz CT molecular complexity index is 995. The molecule has 1 aliphatic heterocycles. The third kappa shape index (κ3) is 5.79. The zero-order valence-electron chi connectivity index (χ0n) is 15.5. The Labute approximate surface area is 171 Å². The van der Waals surface area contributed by atoms with Crippen LogP contribution in [0.15, 0.2) is 58.4 Å². The van der Waals surface area contributed by atoms with Crippen molar-refractivity contribution in [3.63, 3.8) is 0 Å². The number of ketones is 1. The van der Waals surface area contributed by atoms with Crippen LogP contribution in [0.25, 0.3) is 6.08 Å². The van der Waals surface area contributed by atoms with Crippen molar-refractivity contribution in [3.05, 3.63) is 64.6 Å². The molecule has 1 amide bonds. The fraction of sp³-hybridized carbons (Fsp3) is 0.143. The lowest BCUT2D eigenvalue weighted by molar-refractivity contribution is -0.137. The van der Waals surface area contributed by atoms with Gasteiger partial charge in [0.2, 0.25) is 0 Å². The average molecular weight is 410 g/mol. The number of Topliss-reactive ketones (excluding diaryl/α,β-unsaturated/α-hetero) is 1. The van der Waals surface area contributed by atoms with E-state index in [9.17, 15) is 14.4 Å². The molecule has 1 fully saturated rings. The summed E-state index contributed by atoms with van der Waals surface area (Å²) in [6.07, 6.45) is 1.67. The number of amides is 1. The number of rotatable bonds is 7. The number of hydrogen-bond acceptors (Lipinski definition) is 6. The predicted molar refractivity (Wildman–Crippen MR) is 111 cm³/mol. The largest absolute Gasteiger partial charge is 0.493 e. The van der Waals surface area contributed by atoms with E-state index in [1.165, 1.54) is 18.7 Å². The Kier molecular flexibility index (Phi) is 6.46. The molecule has 7 nitrogen and oxygen atoms in total. The van der Waals surface area contributed by atoms with Gasteiger partial charge in [-0.05, 0) is 66.7 Å². The Balaban J connectivity index is 1.65. The first-order valence-corrected chi connectivity index (χ1v) is 9.57. The molecule has 0 spiro atoms. The number of hydrogen-bond donors (Lipinski definition) is 2. The van der Waals surface area contributed by atoms with E-state index in [-0.39, 0.29) is 24.7 Å². The standard InChI is InChI=1S/C21H18N2O5S/c1-13(24)15-4-6-16(7-5-15)22-21-23-20(27)18(29-21)12-14-2-8-17(9-3-14)28-11-10-19(25)26/h2-9,12H,10-11H2,1H3,(H,25,26)(H,22,23,27)/b18-12+. The van der Waals surface area contributed by atoms with Crippen LogP contribution < -0.4 is 10.1 Å². The van der Waals surface area contributed by atoms with Crippen LogP contribution >= 0.6 is 11.8 Å². The summed E-state index contributed by atoms with van der Waals surface area (Å²) in [5.74, 6) is -0.608. The average Bonchev–Trinajstić information content (AvgIpc) is 3.02. The highest BCUT2D eigenvalue weighted by atomic mass is 32.2. The molecule has 0 aliphatic carbocycles. The van der Waals surface area contributed by atoms with E-state index >= 15 is 0 Å². The molecule has 0 unspecified atom stereocenters. The molecule has 3 rings (SSSR count). The molecule has 0 radical (unpaired) electrons. The van der Waals surface area contributed by atoms with Crippen LogP contribution in [0.2, 0.25) is 0 Å². The number of aliphatic imine (C=N–C) groups is 1. The number of aliphatic carboxylic acids is 1. The van der Waals surface area contributed by atoms with Crippen LogP contribution in [0.1, 0.15) is 29.3 Å². The Morgan fingerprint density at radius 3 is 2.45 bits per heavy atom. The molecule has 2 aromatic carbocycles. The van der Waals surface area contributed by atoms with E-state index in [2.05, 4.69) is 10.3 Å². The normalized spacial score (nSPS) is 16.1. The first-order valence-electron chi connectivity index (χ1n) is 8.76. The summed E-state index contributed by atoms with van der Waals surface area (Å²) >= 11 is 1.23. The molecule has 29 heavy (non-hydrogen) atoms. The van der Waals surface area contributed by atoms with Crippen LogP contribution in [-0.4, -0.2) is 34.5 Å². The van der Waals surface area contributed by atoms with Gasteiger partial charge in [0.1, 0.15) is 5.75 Å². The number of nitrogens with zero attached hydrogens (tertiary/aromatic N) is 1. The van der Waals surface area contributed by atoms with Crippen LogP contribution in [0.3, 0.4) is 0 Å². The second-order valence-electron chi connectivity index (χ2n) is 6.15. The van der Waals surface area contributed by atoms with Crippen molar-refractivity contribution in [3.8, 4) is 5.75 Å². The van der Waals surface area contributed by atoms with Crippen LogP contribution in [-0.2, 0) is 9.59 Å². The van der Waals surface area contributed by atoms with Gasteiger partial charge in [-0.2, -0.15) is 0 Å². The van der Waals surface area contributed by atoms with Crippen molar-refractivity contribution >= 4 is 46.4 Å². The quantitative estimate of drug-likeness (QED) is 0.533. The van der Waals surface area contributed by atoms with Gasteiger partial charge in [-0.3, -0.25) is 14.4 Å². The molecule has 2 aromatic rings. The Morgan fingerprint density at radius 1 is 1.14 bits per heavy atom. The molecule has 0 saturated carbocycles. The topological polar surface area (TPSA) is 105 Å². The van der Waals surface area contributed by atoms with Gasteiger partial charge >= 0.3 is 5.97 Å². The van der Waals surface area contributed by atoms with Gasteiger partial charge in [0.05, 0.1) is 23.6 Å². The smallest absolute Gasteiger partial charge is 0.306 e. The zero-order chi connectivity index (χ0) is 20.8. The van der Waals surface area contributed by atoms with E-state index in [4.69, 9.17) is 9.84 Å². The monoisotopic (exact) mass is 410 g/mol. The molecule has 1 heterocycles. The number of thioether (sulfide) groups is 1. The lowest BCUT2D eigenvalue weighted by Gasteiger charge is -2.04. The van der Waals surface area contributed by atoms with Crippen LogP contribution in [0.4, 0.5) is 5.69 Å². The maximum absolute atomic E-state index is 12.2. The SMILES string of the molecule is CC(=O)c1ccc(N=C2NC(=O)/C(=C\c3ccc(OCCC(=O)O)cc3)S2)cc1. The number of amidine groups is 1. The highest BCUT2D eigenvalue weighted by Crippen LogP contribution is 2.28. The molecule has 0 aromatic heterocycles. The number of nitrogens with one attached hydrogen (secondary N) is 1. The number of carboxylic acids is 1. The third-order valence-electron chi connectivity index (χ3n) is 3.92. The van der Waals surface area contributed by atoms with Crippen molar-refractivity contribution in [2.24, 2.45) is 4.99 Å². The predicted octanol–water partition coefficient (Wildman–Crippen LogP) is 3.63. The van der Waals surface area contributed by atoms with Crippen molar-refractivity contribution in [2.45, 2.75) is 13.3 Å². The summed E-state index contributed by atoms with van der Waals surface area (Å²) < 4.78 is 5.34. The summed E-state index contributed by atoms with van der Waals surface area (Å²) in [6, 6.07) is 13.8. The molecular weight excluding hydrogens is 392 g/mol. The third-order valence-corrected chi connectivity index (χ3v) is 4.83. The van der Waals surface area contributed by atoms with Gasteiger partial charge < -0.3 is 15.2 Å². The first kappa shape index (κ1) is 20.3. The maximum Gasteiger partial charge on any atom is 0.306 e. The van der Waals surface area contributed by atoms with E-state index in [1.807, 2.05) is 0 Å². The number of ether oxygens (including phenoxy) is 1. The summed E-state index contributed by atoms with van der Waals surface area (Å²) in [5.41, 5.74) is 2.05. The second kappa shape index (κ2) is 9.20. The van der Waals surface area contributed by atoms with Gasteiger partial charge in [-0.1, -0.05) is 12.1 Å². The van der Waals surface area contributed by atoms with Crippen molar-refractivity contribution in [1.82, 2.24) is 5.32 Å². The van der Waals surface area contributed by atoms with E-state index in [0.29, 0.717) is 27.1 Å². The Morgan fingerprint density at radius 2 is 1.83 bits per heavy atom. The maximum atomic E-state index is 12.2. The van der Waals surface area contributed by atoms with E-state index in [1.54, 1.807) is 54.6 Å². The number of benzene rings is 2. The van der Waals surface area contributed by atoms with Gasteiger partial charge in [0.15, 0.2) is 11.0 Å². The molecule has 8 heteroatoms. The molecule has 1 saturated heterocycles. The lowest BCUT2D eigenvalue weighted by Crippen LogP contribution is -2.19. The second-order valence-corrected chi connectivity index (χ2v) is 7.18. The van der Waals surface area contributed by atoms with Crippen molar-refractivity contribution in [2.75, 3.05) is 6.61 Å². The number of carboxylic acid groups (broad SMARTS) is 1. The highest BCUT2D eigenvalue weighted by molar-refractivity contribution is 8.18. The molecule has 0 atom stereocenters. The van der Waals surface area contributed by atoms with Gasteiger partial charge in [-0.15, -0.1) is 0 Å². The molecule has 0 bridgehead atoms. The number of carbonyl (C=O) groups excluding carboxylic acids is 2. The van der Waals surface area contributed by atoms with Gasteiger partial charge in [0, 0.05) is 5.56 Å². The van der Waals surface area contributed by atoms with Crippen LogP contribution in [0, 0.1) is 0 Å². The van der Waals surface area contributed by atoms with Crippen LogP contribution in [0.5, 0.6) is 5.75 Å². The fourth-order valence-corrected chi connectivity index (χ4v) is 3.28. The zero-order valence-corrected chi connectivity index (χ0v) is 16.4. The molecular formula is C21H18N2O5S. The minimum Gasteiger partial charge on any atom is -0.493 e. The Hall–Kier alpha value is -3.39. The van der Waals surface area contributed by atoms with Crippen molar-refractivity contribution in [1.29, 1.82) is 0 Å². The minimum absolute atomic E-state index is 0.0173. The highest BCUT2D eigenvalue weighted by Gasteiger charge is 2.23. The first-order chi connectivity index (χ1) is 13.9. The minimum atomic E-state index is -0.914. The summed E-state index contributed by atoms with van der Waals surface area (Å²) in [7, 11) is 0. The lowest BCUT2D eigenvalue weighted by atomic mass is 10.1. The van der Waals surface area contributed by atoms with Crippen molar-refractivity contribution < 1.29 is 24.2 Å². The van der Waals surface area contributed by atoms with Gasteiger partial charge in [0.25, 0.3) is 5.91 Å². The summed E-state index contributed by atoms with van der Waals surface area (Å²) in [4.78, 5) is 38.9. The van der Waals surface area contributed by atoms with E-state index in [0.717, 1.165) is 5.56 Å².